The fraction of sp³-hybridized carbons (Fsp3) is 0. The molecule has 0 fully saturated rings. The van der Waals surface area contributed by atoms with E-state index in [1.165, 1.54) is 12.1 Å². The summed E-state index contributed by atoms with van der Waals surface area (Å²) < 4.78 is 0. The van der Waals surface area contributed by atoms with E-state index in [4.69, 9.17) is 5.73 Å². The number of amides is 1. The third-order valence-corrected chi connectivity index (χ3v) is 3.24. The van der Waals surface area contributed by atoms with Crippen molar-refractivity contribution in [3.05, 3.63) is 66.4 Å². The van der Waals surface area contributed by atoms with Crippen molar-refractivity contribution in [1.29, 1.82) is 0 Å². The summed E-state index contributed by atoms with van der Waals surface area (Å²) in [4.78, 5) is 19.9. The maximum atomic E-state index is 11.3. The number of phenols is 1. The molecule has 0 atom stereocenters. The molecule has 1 amide bonds. The Balaban J connectivity index is 1.94. The molecule has 3 rings (SSSR count). The average molecular weight is 306 g/mol. The summed E-state index contributed by atoms with van der Waals surface area (Å²) in [5.74, 6) is -0.415. The van der Waals surface area contributed by atoms with Crippen LogP contribution in [-0.4, -0.2) is 21.0 Å². The van der Waals surface area contributed by atoms with Gasteiger partial charge in [0.15, 0.2) is 0 Å². The summed E-state index contributed by atoms with van der Waals surface area (Å²) in [6, 6.07) is 15.8. The van der Waals surface area contributed by atoms with Crippen LogP contribution in [-0.2, 0) is 0 Å². The van der Waals surface area contributed by atoms with Crippen LogP contribution in [0.2, 0.25) is 0 Å². The van der Waals surface area contributed by atoms with Gasteiger partial charge >= 0.3 is 0 Å². The van der Waals surface area contributed by atoms with Crippen LogP contribution in [0.3, 0.4) is 0 Å². The highest BCUT2D eigenvalue weighted by atomic mass is 16.3. The Morgan fingerprint density at radius 3 is 2.61 bits per heavy atom. The second kappa shape index (κ2) is 6.15. The largest absolute Gasteiger partial charge is 0.507 e. The Hall–Kier alpha value is -3.41. The van der Waals surface area contributed by atoms with Crippen molar-refractivity contribution in [2.24, 2.45) is 5.73 Å². The van der Waals surface area contributed by atoms with Crippen molar-refractivity contribution >= 4 is 17.5 Å². The minimum Gasteiger partial charge on any atom is -0.507 e. The van der Waals surface area contributed by atoms with E-state index in [1.807, 2.05) is 30.3 Å². The standard InChI is InChI=1S/C17H14N4O2/c18-16(23)13-10-11(6-7-15(13)22)14-8-9-19-17(21-14)20-12-4-2-1-3-5-12/h1-10,22H,(H2,18,23)(H,19,20,21). The Morgan fingerprint density at radius 1 is 1.09 bits per heavy atom. The lowest BCUT2D eigenvalue weighted by Gasteiger charge is -2.08. The SMILES string of the molecule is NC(=O)c1cc(-c2ccnc(Nc3ccccc3)n2)ccc1O. The number of anilines is 2. The number of primary amides is 1. The van der Waals surface area contributed by atoms with Gasteiger partial charge in [0.1, 0.15) is 5.75 Å². The van der Waals surface area contributed by atoms with Crippen LogP contribution in [0.25, 0.3) is 11.3 Å². The predicted octanol–water partition coefficient (Wildman–Crippen LogP) is 2.69. The number of hydrogen-bond donors (Lipinski definition) is 3. The van der Waals surface area contributed by atoms with Gasteiger partial charge in [0.2, 0.25) is 5.95 Å². The molecule has 0 bridgehead atoms. The number of carbonyl (C=O) groups excluding carboxylic acids is 1. The minimum atomic E-state index is -0.693. The molecule has 114 valence electrons. The molecular weight excluding hydrogens is 292 g/mol. The summed E-state index contributed by atoms with van der Waals surface area (Å²) in [6.45, 7) is 0. The smallest absolute Gasteiger partial charge is 0.252 e. The van der Waals surface area contributed by atoms with Gasteiger partial charge in [0.05, 0.1) is 11.3 Å². The number of aromatic nitrogens is 2. The maximum absolute atomic E-state index is 11.3. The summed E-state index contributed by atoms with van der Waals surface area (Å²) in [6.07, 6.45) is 1.62. The van der Waals surface area contributed by atoms with Gasteiger partial charge < -0.3 is 16.2 Å². The molecule has 0 aliphatic rings. The molecule has 23 heavy (non-hydrogen) atoms. The van der Waals surface area contributed by atoms with Gasteiger partial charge in [0.25, 0.3) is 5.91 Å². The molecule has 0 unspecified atom stereocenters. The molecule has 1 aromatic heterocycles. The molecule has 0 saturated carbocycles. The Morgan fingerprint density at radius 2 is 1.87 bits per heavy atom. The van der Waals surface area contributed by atoms with Crippen molar-refractivity contribution in [2.75, 3.05) is 5.32 Å². The molecule has 0 aliphatic heterocycles. The molecule has 0 saturated heterocycles. The van der Waals surface area contributed by atoms with Crippen LogP contribution in [0, 0.1) is 0 Å². The van der Waals surface area contributed by atoms with Crippen LogP contribution in [0.15, 0.2) is 60.8 Å². The molecule has 2 aromatic carbocycles. The molecule has 6 heteroatoms. The molecule has 0 aliphatic carbocycles. The zero-order valence-corrected chi connectivity index (χ0v) is 12.1. The van der Waals surface area contributed by atoms with E-state index in [9.17, 15) is 9.90 Å². The van der Waals surface area contributed by atoms with Crippen molar-refractivity contribution in [2.45, 2.75) is 0 Å². The van der Waals surface area contributed by atoms with E-state index in [2.05, 4.69) is 15.3 Å². The third-order valence-electron chi connectivity index (χ3n) is 3.24. The topological polar surface area (TPSA) is 101 Å². The van der Waals surface area contributed by atoms with Crippen molar-refractivity contribution < 1.29 is 9.90 Å². The van der Waals surface area contributed by atoms with Crippen LogP contribution in [0.4, 0.5) is 11.6 Å². The van der Waals surface area contributed by atoms with E-state index in [0.717, 1.165) is 5.69 Å². The van der Waals surface area contributed by atoms with Gasteiger partial charge in [0, 0.05) is 17.4 Å². The first-order valence-corrected chi connectivity index (χ1v) is 6.92. The highest BCUT2D eigenvalue weighted by molar-refractivity contribution is 5.96. The molecule has 4 N–H and O–H groups in total. The summed E-state index contributed by atoms with van der Waals surface area (Å²) in [5.41, 5.74) is 7.45. The molecule has 0 radical (unpaired) electrons. The van der Waals surface area contributed by atoms with E-state index < -0.39 is 5.91 Å². The number of benzene rings is 2. The van der Waals surface area contributed by atoms with Crippen molar-refractivity contribution in [3.8, 4) is 17.0 Å². The number of aromatic hydroxyl groups is 1. The lowest BCUT2D eigenvalue weighted by atomic mass is 10.1. The number of hydrogen-bond acceptors (Lipinski definition) is 5. The quantitative estimate of drug-likeness (QED) is 0.688. The van der Waals surface area contributed by atoms with Crippen LogP contribution in [0.1, 0.15) is 10.4 Å². The third kappa shape index (κ3) is 3.26. The molecule has 0 spiro atoms. The predicted molar refractivity (Wildman–Crippen MR) is 87.4 cm³/mol. The number of para-hydroxylation sites is 1. The van der Waals surface area contributed by atoms with Crippen molar-refractivity contribution in [3.63, 3.8) is 0 Å². The second-order valence-corrected chi connectivity index (χ2v) is 4.85. The first-order chi connectivity index (χ1) is 11.1. The lowest BCUT2D eigenvalue weighted by molar-refractivity contribution is 0.0998. The van der Waals surface area contributed by atoms with Gasteiger partial charge in [-0.1, -0.05) is 18.2 Å². The number of nitrogens with two attached hydrogens (primary N) is 1. The Labute approximate surface area is 132 Å². The highest BCUT2D eigenvalue weighted by Crippen LogP contribution is 2.25. The fourth-order valence-corrected chi connectivity index (χ4v) is 2.12. The normalized spacial score (nSPS) is 10.3. The second-order valence-electron chi connectivity index (χ2n) is 4.85. The van der Waals surface area contributed by atoms with Gasteiger partial charge in [-0.05, 0) is 36.4 Å². The molecule has 6 nitrogen and oxygen atoms in total. The first kappa shape index (κ1) is 14.5. The van der Waals surface area contributed by atoms with E-state index in [0.29, 0.717) is 17.2 Å². The number of nitrogens with zero attached hydrogens (tertiary/aromatic N) is 2. The van der Waals surface area contributed by atoms with Gasteiger partial charge in [-0.3, -0.25) is 4.79 Å². The number of rotatable bonds is 4. The number of nitrogens with one attached hydrogen (secondary N) is 1. The zero-order chi connectivity index (χ0) is 16.2. The van der Waals surface area contributed by atoms with Gasteiger partial charge in [-0.15, -0.1) is 0 Å². The van der Waals surface area contributed by atoms with E-state index in [1.54, 1.807) is 18.3 Å². The lowest BCUT2D eigenvalue weighted by Crippen LogP contribution is -2.11. The Bertz CT molecular complexity index is 850. The first-order valence-electron chi connectivity index (χ1n) is 6.92. The summed E-state index contributed by atoms with van der Waals surface area (Å²) in [7, 11) is 0. The number of carbonyl (C=O) groups is 1. The van der Waals surface area contributed by atoms with Gasteiger partial charge in [-0.2, -0.15) is 0 Å². The highest BCUT2D eigenvalue weighted by Gasteiger charge is 2.10. The monoisotopic (exact) mass is 306 g/mol. The summed E-state index contributed by atoms with van der Waals surface area (Å²) in [5, 5.41) is 12.8. The zero-order valence-electron chi connectivity index (χ0n) is 12.1. The minimum absolute atomic E-state index is 0.0543. The Kier molecular flexibility index (Phi) is 3.88. The van der Waals surface area contributed by atoms with E-state index in [-0.39, 0.29) is 11.3 Å². The average Bonchev–Trinajstić information content (AvgIpc) is 2.56. The van der Waals surface area contributed by atoms with E-state index >= 15 is 0 Å². The maximum Gasteiger partial charge on any atom is 0.252 e. The summed E-state index contributed by atoms with van der Waals surface area (Å²) >= 11 is 0. The molecule has 3 aromatic rings. The van der Waals surface area contributed by atoms with Crippen LogP contribution in [0.5, 0.6) is 5.75 Å². The van der Waals surface area contributed by atoms with Gasteiger partial charge in [-0.25, -0.2) is 9.97 Å². The fourth-order valence-electron chi connectivity index (χ4n) is 2.12. The van der Waals surface area contributed by atoms with Crippen LogP contribution < -0.4 is 11.1 Å². The molecular formula is C17H14N4O2. The van der Waals surface area contributed by atoms with Crippen molar-refractivity contribution in [1.82, 2.24) is 9.97 Å². The van der Waals surface area contributed by atoms with Crippen LogP contribution >= 0.6 is 0 Å². The molecule has 1 heterocycles.